The molecule has 0 amide bonds. The van der Waals surface area contributed by atoms with Crippen LogP contribution in [0.3, 0.4) is 0 Å². The molecule has 0 unspecified atom stereocenters. The van der Waals surface area contributed by atoms with Gasteiger partial charge in [-0.05, 0) is 0 Å². The molecule has 0 aliphatic carbocycles. The Labute approximate surface area is 190 Å². The van der Waals surface area contributed by atoms with Gasteiger partial charge in [0.25, 0.3) is 0 Å². The van der Waals surface area contributed by atoms with Crippen molar-refractivity contribution >= 4 is 28.4 Å². The first kappa shape index (κ1) is 26.9. The number of rotatable bonds is 19. The van der Waals surface area contributed by atoms with Crippen LogP contribution < -0.4 is 0 Å². The molecule has 29 heavy (non-hydrogen) atoms. The summed E-state index contributed by atoms with van der Waals surface area (Å²) in [6.45, 7) is 4.56. The van der Waals surface area contributed by atoms with E-state index in [4.69, 9.17) is 0 Å². The Morgan fingerprint density at radius 2 is 1.14 bits per heavy atom. The molecule has 1 rings (SSSR count). The van der Waals surface area contributed by atoms with E-state index in [2.05, 4.69) is 61.0 Å². The number of thiocyanates is 1. The maximum atomic E-state index is 9.61. The maximum absolute atomic E-state index is 9.61. The van der Waals surface area contributed by atoms with E-state index in [9.17, 15) is 5.26 Å². The Morgan fingerprint density at radius 1 is 0.690 bits per heavy atom. The Bertz CT molecular complexity index is 511. The van der Waals surface area contributed by atoms with Gasteiger partial charge in [-0.15, -0.1) is 0 Å². The zero-order valence-corrected chi connectivity index (χ0v) is 21.6. The van der Waals surface area contributed by atoms with Gasteiger partial charge in [0, 0.05) is 0 Å². The Kier molecular flexibility index (Phi) is 17.2. The average molecular weight is 454 g/mol. The number of benzene rings is 1. The molecule has 0 aromatic heterocycles. The Morgan fingerprint density at radius 3 is 1.59 bits per heavy atom. The average Bonchev–Trinajstić information content (AvgIpc) is 2.73. The fourth-order valence-corrected chi connectivity index (χ4v) is 13.9. The fraction of sp³-hybridized carbons (Fsp3) is 0.720. The molecule has 0 saturated heterocycles. The molecule has 0 heterocycles. The molecule has 0 spiro atoms. The number of nitriles is 1. The number of nitrogens with zero attached hydrogens (tertiary/aromatic N) is 1. The Balaban J connectivity index is 2.55. The predicted molar refractivity (Wildman–Crippen MR) is 140 cm³/mol. The molecule has 0 radical (unpaired) electrons. The summed E-state index contributed by atoms with van der Waals surface area (Å²) in [6.07, 6.45) is 21.6. The molecule has 1 aromatic rings. The summed E-state index contributed by atoms with van der Waals surface area (Å²) in [5, 5.41) is 12.1. The predicted octanol–water partition coefficient (Wildman–Crippen LogP) is 10.1. The molecule has 166 valence electrons. The fourth-order valence-electron chi connectivity index (χ4n) is 3.84. The summed E-state index contributed by atoms with van der Waals surface area (Å²) < 4.78 is 0. The van der Waals surface area contributed by atoms with E-state index in [1.54, 1.807) is 11.4 Å². The summed E-state index contributed by atoms with van der Waals surface area (Å²) in [6, 6.07) is 10.8. The van der Waals surface area contributed by atoms with Gasteiger partial charge >= 0.3 is 190 Å². The second-order valence-electron chi connectivity index (χ2n) is 8.26. The molecule has 0 N–H and O–H groups in total. The molecular formula is C25H44NPS2. The summed E-state index contributed by atoms with van der Waals surface area (Å²) in [5.41, 5.74) is -1.71. The van der Waals surface area contributed by atoms with Crippen molar-refractivity contribution in [3.8, 4) is 5.40 Å². The van der Waals surface area contributed by atoms with Gasteiger partial charge < -0.3 is 0 Å². The van der Waals surface area contributed by atoms with Crippen molar-refractivity contribution in [2.24, 2.45) is 0 Å². The monoisotopic (exact) mass is 453 g/mol. The quantitative estimate of drug-likeness (QED) is 0.118. The molecule has 0 saturated carbocycles. The molecule has 0 fully saturated rings. The summed E-state index contributed by atoms with van der Waals surface area (Å²) in [5.74, 6) is 0. The summed E-state index contributed by atoms with van der Waals surface area (Å²) in [4.78, 5) is 1.37. The van der Waals surface area contributed by atoms with Crippen molar-refractivity contribution < 1.29 is 0 Å². The van der Waals surface area contributed by atoms with Crippen LogP contribution in [0.2, 0.25) is 0 Å². The van der Waals surface area contributed by atoms with Gasteiger partial charge in [0.15, 0.2) is 0 Å². The van der Waals surface area contributed by atoms with Crippen molar-refractivity contribution in [1.82, 2.24) is 0 Å². The van der Waals surface area contributed by atoms with E-state index in [0.717, 1.165) is 0 Å². The minimum atomic E-state index is -1.71. The molecule has 0 aliphatic heterocycles. The van der Waals surface area contributed by atoms with E-state index in [-0.39, 0.29) is 0 Å². The van der Waals surface area contributed by atoms with Crippen LogP contribution in [0.4, 0.5) is 0 Å². The van der Waals surface area contributed by atoms with Crippen molar-refractivity contribution in [2.45, 2.75) is 109 Å². The van der Waals surface area contributed by atoms with Crippen molar-refractivity contribution in [2.75, 3.05) is 12.3 Å². The van der Waals surface area contributed by atoms with E-state index < -0.39 is 5.67 Å². The van der Waals surface area contributed by atoms with Gasteiger partial charge in [-0.1, -0.05) is 0 Å². The zero-order valence-electron chi connectivity index (χ0n) is 19.0. The zero-order chi connectivity index (χ0) is 21.0. The van der Waals surface area contributed by atoms with Crippen molar-refractivity contribution in [3.63, 3.8) is 0 Å². The number of unbranched alkanes of at least 4 members (excludes halogenated alkanes) is 12. The van der Waals surface area contributed by atoms with E-state index in [0.29, 0.717) is 0 Å². The normalized spacial score (nSPS) is 12.0. The van der Waals surface area contributed by atoms with Gasteiger partial charge in [-0.2, -0.15) is 0 Å². The van der Waals surface area contributed by atoms with Crippen LogP contribution in [0.5, 0.6) is 0 Å². The van der Waals surface area contributed by atoms with Gasteiger partial charge in [-0.3, -0.25) is 0 Å². The van der Waals surface area contributed by atoms with Crippen LogP contribution in [-0.2, 0) is 0 Å². The first-order valence-electron chi connectivity index (χ1n) is 12.1. The standard InChI is InChI=1S/C25H44NPS2/c1-3-5-7-9-11-13-18-22-27(28-24-26,29-25-20-16-15-17-21-25)23-19-14-12-10-8-6-4-2/h15-17,20-21,27H,3-14,18-19,22-23H2,1-2H3. The SMILES string of the molecule is CCCCCCCCC[PH](CCCCCCCCC)(SC#N)Sc1ccccc1. The van der Waals surface area contributed by atoms with Crippen LogP contribution in [-0.4, -0.2) is 12.3 Å². The molecule has 4 heteroatoms. The van der Waals surface area contributed by atoms with Crippen LogP contribution in [0, 0.1) is 10.7 Å². The molecule has 0 aliphatic rings. The van der Waals surface area contributed by atoms with Crippen LogP contribution in [0.25, 0.3) is 0 Å². The van der Waals surface area contributed by atoms with Gasteiger partial charge in [0.2, 0.25) is 0 Å². The first-order chi connectivity index (χ1) is 14.3. The molecule has 1 aromatic carbocycles. The summed E-state index contributed by atoms with van der Waals surface area (Å²) >= 11 is 3.75. The second-order valence-corrected chi connectivity index (χ2v) is 18.8. The van der Waals surface area contributed by atoms with Gasteiger partial charge in [0.1, 0.15) is 0 Å². The molecule has 1 nitrogen and oxygen atoms in total. The number of hydrogen-bond donors (Lipinski definition) is 0. The van der Waals surface area contributed by atoms with Crippen molar-refractivity contribution in [1.29, 1.82) is 5.26 Å². The van der Waals surface area contributed by atoms with Crippen LogP contribution >= 0.6 is 28.4 Å². The van der Waals surface area contributed by atoms with E-state index in [1.165, 1.54) is 107 Å². The molecule has 0 atom stereocenters. The van der Waals surface area contributed by atoms with Crippen LogP contribution in [0.15, 0.2) is 35.2 Å². The van der Waals surface area contributed by atoms with Gasteiger partial charge in [0.05, 0.1) is 0 Å². The number of hydrogen-bond acceptors (Lipinski definition) is 3. The first-order valence-corrected chi connectivity index (χ1v) is 17.6. The second kappa shape index (κ2) is 18.6. The third kappa shape index (κ3) is 13.7. The van der Waals surface area contributed by atoms with E-state index >= 15 is 0 Å². The third-order valence-corrected chi connectivity index (χ3v) is 16.3. The Hall–Kier alpha value is -0.160. The topological polar surface area (TPSA) is 23.8 Å². The summed E-state index contributed by atoms with van der Waals surface area (Å²) in [7, 11) is 0. The molecular weight excluding hydrogens is 409 g/mol. The van der Waals surface area contributed by atoms with E-state index in [1.807, 2.05) is 0 Å². The van der Waals surface area contributed by atoms with Gasteiger partial charge in [-0.25, -0.2) is 0 Å². The molecule has 0 bridgehead atoms. The third-order valence-electron chi connectivity index (χ3n) is 5.60. The van der Waals surface area contributed by atoms with Crippen LogP contribution in [0.1, 0.15) is 104 Å². The minimum absolute atomic E-state index is 1.29. The van der Waals surface area contributed by atoms with Crippen molar-refractivity contribution in [3.05, 3.63) is 30.3 Å².